The van der Waals surface area contributed by atoms with Crippen LogP contribution >= 0.6 is 0 Å². The highest BCUT2D eigenvalue weighted by Crippen LogP contribution is 2.16. The third-order valence-corrected chi connectivity index (χ3v) is 1.67. The summed E-state index contributed by atoms with van der Waals surface area (Å²) in [6.07, 6.45) is -0.991. The number of ketones is 1. The molecule has 0 N–H and O–H groups in total. The zero-order chi connectivity index (χ0) is 8.43. The smallest absolute Gasteiger partial charge is 0.335 e. The number of rotatable bonds is 1. The Bertz CT molecular complexity index is 187. The summed E-state index contributed by atoms with van der Waals surface area (Å²) >= 11 is 0. The molecule has 1 fully saturated rings. The SMILES string of the molecule is COC(=O)C1CC(=O)C(C)O1. The Hall–Kier alpha value is -0.900. The highest BCUT2D eigenvalue weighted by atomic mass is 16.6. The monoisotopic (exact) mass is 158 g/mol. The average molecular weight is 158 g/mol. The standard InChI is InChI=1S/C7H10O4/c1-4-5(8)3-6(11-4)7(9)10-2/h4,6H,3H2,1-2H3. The van der Waals surface area contributed by atoms with Gasteiger partial charge in [0.2, 0.25) is 0 Å². The Kier molecular flexibility index (Phi) is 2.24. The van der Waals surface area contributed by atoms with Crippen LogP contribution in [0.15, 0.2) is 0 Å². The summed E-state index contributed by atoms with van der Waals surface area (Å²) in [6, 6.07) is 0. The van der Waals surface area contributed by atoms with E-state index in [2.05, 4.69) is 4.74 Å². The molecule has 11 heavy (non-hydrogen) atoms. The van der Waals surface area contributed by atoms with Crippen LogP contribution < -0.4 is 0 Å². The number of hydrogen-bond acceptors (Lipinski definition) is 4. The van der Waals surface area contributed by atoms with Crippen LogP contribution in [0.4, 0.5) is 0 Å². The van der Waals surface area contributed by atoms with Crippen molar-refractivity contribution in [3.05, 3.63) is 0 Å². The lowest BCUT2D eigenvalue weighted by molar-refractivity contribution is -0.152. The van der Waals surface area contributed by atoms with Crippen molar-refractivity contribution in [2.45, 2.75) is 25.6 Å². The van der Waals surface area contributed by atoms with E-state index in [1.807, 2.05) is 0 Å². The maximum absolute atomic E-state index is 10.9. The number of carbonyl (C=O) groups is 2. The van der Waals surface area contributed by atoms with Gasteiger partial charge in [0.1, 0.15) is 6.10 Å². The van der Waals surface area contributed by atoms with Gasteiger partial charge in [-0.1, -0.05) is 0 Å². The minimum Gasteiger partial charge on any atom is -0.467 e. The van der Waals surface area contributed by atoms with Gasteiger partial charge in [-0.2, -0.15) is 0 Å². The van der Waals surface area contributed by atoms with E-state index in [0.29, 0.717) is 0 Å². The third-order valence-electron chi connectivity index (χ3n) is 1.67. The molecule has 1 rings (SSSR count). The van der Waals surface area contributed by atoms with Gasteiger partial charge in [0.05, 0.1) is 7.11 Å². The lowest BCUT2D eigenvalue weighted by Gasteiger charge is -2.05. The van der Waals surface area contributed by atoms with Gasteiger partial charge in [-0.3, -0.25) is 4.79 Å². The van der Waals surface area contributed by atoms with Gasteiger partial charge in [-0.25, -0.2) is 4.79 Å². The van der Waals surface area contributed by atoms with Gasteiger partial charge in [-0.05, 0) is 6.92 Å². The predicted molar refractivity (Wildman–Crippen MR) is 36.0 cm³/mol. The lowest BCUT2D eigenvalue weighted by atomic mass is 10.2. The Morgan fingerprint density at radius 3 is 2.73 bits per heavy atom. The zero-order valence-corrected chi connectivity index (χ0v) is 6.49. The molecule has 4 heteroatoms. The van der Waals surface area contributed by atoms with Crippen LogP contribution in [0.3, 0.4) is 0 Å². The van der Waals surface area contributed by atoms with E-state index in [4.69, 9.17) is 4.74 Å². The molecule has 0 aromatic carbocycles. The van der Waals surface area contributed by atoms with Crippen molar-refractivity contribution in [2.75, 3.05) is 7.11 Å². The van der Waals surface area contributed by atoms with E-state index >= 15 is 0 Å². The molecule has 0 aromatic rings. The summed E-state index contributed by atoms with van der Waals surface area (Å²) in [7, 11) is 1.28. The van der Waals surface area contributed by atoms with Crippen LogP contribution in [0.2, 0.25) is 0 Å². The van der Waals surface area contributed by atoms with Crippen molar-refractivity contribution in [3.63, 3.8) is 0 Å². The molecule has 1 heterocycles. The first-order valence-electron chi connectivity index (χ1n) is 3.41. The Morgan fingerprint density at radius 2 is 2.36 bits per heavy atom. The Balaban J connectivity index is 2.53. The number of hydrogen-bond donors (Lipinski definition) is 0. The van der Waals surface area contributed by atoms with E-state index in [9.17, 15) is 9.59 Å². The number of Topliss-reactive ketones (excluding diaryl/α,β-unsaturated/α-hetero) is 1. The van der Waals surface area contributed by atoms with Gasteiger partial charge in [0.25, 0.3) is 0 Å². The highest BCUT2D eigenvalue weighted by molar-refractivity contribution is 5.91. The molecule has 0 aliphatic carbocycles. The van der Waals surface area contributed by atoms with Crippen molar-refractivity contribution >= 4 is 11.8 Å². The molecule has 0 radical (unpaired) electrons. The zero-order valence-electron chi connectivity index (χ0n) is 6.49. The van der Waals surface area contributed by atoms with Gasteiger partial charge in [0, 0.05) is 6.42 Å². The fourth-order valence-corrected chi connectivity index (χ4v) is 0.989. The van der Waals surface area contributed by atoms with Crippen molar-refractivity contribution in [1.82, 2.24) is 0 Å². The number of esters is 1. The number of methoxy groups -OCH3 is 1. The summed E-state index contributed by atoms with van der Waals surface area (Å²) in [6.45, 7) is 1.63. The molecule has 62 valence electrons. The van der Waals surface area contributed by atoms with Crippen molar-refractivity contribution in [3.8, 4) is 0 Å². The molecule has 0 amide bonds. The molecule has 0 saturated carbocycles. The second-order valence-electron chi connectivity index (χ2n) is 2.46. The average Bonchev–Trinajstić information content (AvgIpc) is 2.31. The van der Waals surface area contributed by atoms with E-state index in [0.717, 1.165) is 0 Å². The van der Waals surface area contributed by atoms with Gasteiger partial charge < -0.3 is 9.47 Å². The first kappa shape index (κ1) is 8.20. The molecule has 2 atom stereocenters. The molecule has 1 aliphatic heterocycles. The first-order chi connectivity index (χ1) is 5.15. The minimum absolute atomic E-state index is 0.0413. The first-order valence-corrected chi connectivity index (χ1v) is 3.41. The van der Waals surface area contributed by atoms with Crippen molar-refractivity contribution in [2.24, 2.45) is 0 Å². The van der Waals surface area contributed by atoms with E-state index in [1.165, 1.54) is 7.11 Å². The fourth-order valence-electron chi connectivity index (χ4n) is 0.989. The lowest BCUT2D eigenvalue weighted by Crippen LogP contribution is -2.21. The van der Waals surface area contributed by atoms with E-state index < -0.39 is 18.2 Å². The van der Waals surface area contributed by atoms with Gasteiger partial charge >= 0.3 is 5.97 Å². The molecule has 0 bridgehead atoms. The molecule has 0 spiro atoms. The summed E-state index contributed by atoms with van der Waals surface area (Å²) in [5, 5.41) is 0. The molecule has 2 unspecified atom stereocenters. The summed E-state index contributed by atoms with van der Waals surface area (Å²) < 4.78 is 9.42. The predicted octanol–water partition coefficient (Wildman–Crippen LogP) is -0.0941. The molecule has 1 aliphatic rings. The molecular formula is C7H10O4. The Labute approximate surface area is 64.5 Å². The summed E-state index contributed by atoms with van der Waals surface area (Å²) in [5.74, 6) is -0.511. The fraction of sp³-hybridized carbons (Fsp3) is 0.714. The van der Waals surface area contributed by atoms with Crippen LogP contribution in [-0.2, 0) is 19.1 Å². The summed E-state index contributed by atoms with van der Waals surface area (Å²) in [4.78, 5) is 21.7. The van der Waals surface area contributed by atoms with Gasteiger partial charge in [-0.15, -0.1) is 0 Å². The largest absolute Gasteiger partial charge is 0.467 e. The number of carbonyl (C=O) groups excluding carboxylic acids is 2. The van der Waals surface area contributed by atoms with E-state index in [1.54, 1.807) is 6.92 Å². The molecular weight excluding hydrogens is 148 g/mol. The maximum atomic E-state index is 10.9. The van der Waals surface area contributed by atoms with E-state index in [-0.39, 0.29) is 12.2 Å². The normalized spacial score (nSPS) is 30.5. The number of ether oxygens (including phenoxy) is 2. The van der Waals surface area contributed by atoms with Crippen LogP contribution in [0.5, 0.6) is 0 Å². The molecule has 4 nitrogen and oxygen atoms in total. The van der Waals surface area contributed by atoms with Crippen LogP contribution in [0.1, 0.15) is 13.3 Å². The van der Waals surface area contributed by atoms with Crippen LogP contribution in [0.25, 0.3) is 0 Å². The second kappa shape index (κ2) is 3.00. The van der Waals surface area contributed by atoms with Crippen LogP contribution in [-0.4, -0.2) is 31.1 Å². The van der Waals surface area contributed by atoms with Crippen molar-refractivity contribution in [1.29, 1.82) is 0 Å². The van der Waals surface area contributed by atoms with Crippen LogP contribution in [0, 0.1) is 0 Å². The third kappa shape index (κ3) is 1.57. The topological polar surface area (TPSA) is 52.6 Å². The van der Waals surface area contributed by atoms with Gasteiger partial charge in [0.15, 0.2) is 11.9 Å². The highest BCUT2D eigenvalue weighted by Gasteiger charge is 2.35. The quantitative estimate of drug-likeness (QED) is 0.500. The van der Waals surface area contributed by atoms with Crippen molar-refractivity contribution < 1.29 is 19.1 Å². The second-order valence-corrected chi connectivity index (χ2v) is 2.46. The minimum atomic E-state index is -0.678. The summed E-state index contributed by atoms with van der Waals surface area (Å²) in [5.41, 5.74) is 0. The molecule has 1 saturated heterocycles. The Morgan fingerprint density at radius 1 is 1.73 bits per heavy atom. The molecule has 0 aromatic heterocycles. The maximum Gasteiger partial charge on any atom is 0.335 e.